The van der Waals surface area contributed by atoms with Crippen molar-refractivity contribution in [2.45, 2.75) is 13.5 Å². The van der Waals surface area contributed by atoms with Crippen LogP contribution in [0.2, 0.25) is 5.02 Å². The number of carbonyl (C=O) groups excluding carboxylic acids is 1. The molecule has 1 amide bonds. The van der Waals surface area contributed by atoms with Crippen LogP contribution < -0.4 is 10.1 Å². The minimum absolute atomic E-state index is 0.0116. The molecule has 3 aromatic rings. The van der Waals surface area contributed by atoms with Crippen molar-refractivity contribution in [3.63, 3.8) is 0 Å². The predicted molar refractivity (Wildman–Crippen MR) is 87.0 cm³/mol. The van der Waals surface area contributed by atoms with Crippen LogP contribution in [-0.2, 0) is 0 Å². The summed E-state index contributed by atoms with van der Waals surface area (Å²) in [6.07, 6.45) is 0. The number of carbonyl (C=O) groups is 1. The molecular weight excluding hydrogens is 340 g/mol. The Balaban J connectivity index is 1.81. The van der Waals surface area contributed by atoms with E-state index >= 15 is 0 Å². The van der Waals surface area contributed by atoms with E-state index in [0.717, 1.165) is 5.39 Å². The maximum absolute atomic E-state index is 12.4. The van der Waals surface area contributed by atoms with Crippen molar-refractivity contribution in [3.8, 4) is 5.75 Å². The Hall–Kier alpha value is -2.60. The molecule has 1 heterocycles. The Labute approximate surface area is 141 Å². The second-order valence-corrected chi connectivity index (χ2v) is 5.49. The monoisotopic (exact) mass is 351 g/mol. The van der Waals surface area contributed by atoms with E-state index in [4.69, 9.17) is 16.0 Å². The Kier molecular flexibility index (Phi) is 4.40. The normalized spacial score (nSPS) is 11.0. The molecule has 0 aliphatic rings. The summed E-state index contributed by atoms with van der Waals surface area (Å²) in [5.74, 6) is -0.264. The summed E-state index contributed by atoms with van der Waals surface area (Å²) in [5, 5.41) is 3.95. The van der Waals surface area contributed by atoms with Crippen LogP contribution in [0.4, 0.5) is 14.5 Å². The summed E-state index contributed by atoms with van der Waals surface area (Å²) in [7, 11) is 0. The van der Waals surface area contributed by atoms with Crippen LogP contribution in [-0.4, -0.2) is 12.5 Å². The second-order valence-electron chi connectivity index (χ2n) is 5.05. The lowest BCUT2D eigenvalue weighted by molar-refractivity contribution is -0.0498. The Bertz CT molecular complexity index is 891. The van der Waals surface area contributed by atoms with E-state index in [0.29, 0.717) is 21.9 Å². The summed E-state index contributed by atoms with van der Waals surface area (Å²) >= 11 is 5.95. The highest BCUT2D eigenvalue weighted by atomic mass is 35.5. The minimum atomic E-state index is -2.89. The number of rotatable bonds is 4. The number of hydrogen-bond donors (Lipinski definition) is 1. The zero-order valence-electron chi connectivity index (χ0n) is 12.5. The second kappa shape index (κ2) is 6.49. The number of furan rings is 1. The molecule has 0 saturated heterocycles. The molecule has 0 fully saturated rings. The quantitative estimate of drug-likeness (QED) is 0.698. The third-order valence-electron chi connectivity index (χ3n) is 3.44. The number of alkyl halides is 2. The number of hydrogen-bond acceptors (Lipinski definition) is 3. The molecule has 4 nitrogen and oxygen atoms in total. The highest BCUT2D eigenvalue weighted by molar-refractivity contribution is 6.31. The predicted octanol–water partition coefficient (Wildman–Crippen LogP) is 5.25. The smallest absolute Gasteiger partial charge is 0.387 e. The molecule has 1 aromatic heterocycles. The van der Waals surface area contributed by atoms with Gasteiger partial charge in [0.05, 0.1) is 0 Å². The molecule has 24 heavy (non-hydrogen) atoms. The van der Waals surface area contributed by atoms with Crippen molar-refractivity contribution in [1.29, 1.82) is 0 Å². The molecule has 0 aliphatic heterocycles. The molecule has 1 N–H and O–H groups in total. The van der Waals surface area contributed by atoms with Gasteiger partial charge >= 0.3 is 6.61 Å². The van der Waals surface area contributed by atoms with Crippen LogP contribution in [0.3, 0.4) is 0 Å². The van der Waals surface area contributed by atoms with Crippen LogP contribution in [0.25, 0.3) is 11.0 Å². The van der Waals surface area contributed by atoms with Crippen molar-refractivity contribution in [2.24, 2.45) is 0 Å². The average molecular weight is 352 g/mol. The van der Waals surface area contributed by atoms with E-state index in [-0.39, 0.29) is 11.5 Å². The van der Waals surface area contributed by atoms with Crippen LogP contribution in [0.1, 0.15) is 16.1 Å². The van der Waals surface area contributed by atoms with Gasteiger partial charge in [0.1, 0.15) is 11.3 Å². The first-order valence-corrected chi connectivity index (χ1v) is 7.36. The Morgan fingerprint density at radius 3 is 2.58 bits per heavy atom. The van der Waals surface area contributed by atoms with Gasteiger partial charge in [0.15, 0.2) is 5.76 Å². The summed E-state index contributed by atoms with van der Waals surface area (Å²) in [4.78, 5) is 12.4. The number of anilines is 1. The zero-order chi connectivity index (χ0) is 17.3. The molecular formula is C17H12ClF2NO3. The SMILES string of the molecule is Cc1c(C(=O)Nc2ccc(OC(F)F)cc2)oc2ccc(Cl)cc12. The van der Waals surface area contributed by atoms with Gasteiger partial charge in [-0.3, -0.25) is 4.79 Å². The maximum atomic E-state index is 12.4. The Morgan fingerprint density at radius 1 is 1.21 bits per heavy atom. The molecule has 0 saturated carbocycles. The van der Waals surface area contributed by atoms with E-state index in [1.807, 2.05) is 0 Å². The molecule has 0 spiro atoms. The molecule has 0 unspecified atom stereocenters. The molecule has 124 valence electrons. The summed E-state index contributed by atoms with van der Waals surface area (Å²) < 4.78 is 34.0. The highest BCUT2D eigenvalue weighted by Crippen LogP contribution is 2.28. The number of halogens is 3. The van der Waals surface area contributed by atoms with E-state index in [1.54, 1.807) is 25.1 Å². The first-order valence-electron chi connectivity index (χ1n) is 6.99. The lowest BCUT2D eigenvalue weighted by atomic mass is 10.1. The first-order chi connectivity index (χ1) is 11.4. The molecule has 3 rings (SSSR count). The average Bonchev–Trinajstić information content (AvgIpc) is 2.86. The summed E-state index contributed by atoms with van der Waals surface area (Å²) in [6.45, 7) is -1.13. The van der Waals surface area contributed by atoms with Crippen molar-refractivity contribution in [1.82, 2.24) is 0 Å². The minimum Gasteiger partial charge on any atom is -0.451 e. The summed E-state index contributed by atoms with van der Waals surface area (Å²) in [5.41, 5.74) is 1.66. The van der Waals surface area contributed by atoms with Crippen LogP contribution in [0, 0.1) is 6.92 Å². The van der Waals surface area contributed by atoms with Crippen LogP contribution in [0.15, 0.2) is 46.9 Å². The zero-order valence-corrected chi connectivity index (χ0v) is 13.2. The topological polar surface area (TPSA) is 51.5 Å². The number of ether oxygens (including phenoxy) is 1. The lowest BCUT2D eigenvalue weighted by Crippen LogP contribution is -2.12. The Morgan fingerprint density at radius 2 is 1.92 bits per heavy atom. The van der Waals surface area contributed by atoms with Gasteiger partial charge in [-0.25, -0.2) is 0 Å². The number of benzene rings is 2. The van der Waals surface area contributed by atoms with Crippen molar-refractivity contribution >= 4 is 34.2 Å². The fourth-order valence-corrected chi connectivity index (χ4v) is 2.49. The molecule has 0 bridgehead atoms. The fourth-order valence-electron chi connectivity index (χ4n) is 2.32. The maximum Gasteiger partial charge on any atom is 0.387 e. The molecule has 0 atom stereocenters. The summed E-state index contributed by atoms with van der Waals surface area (Å²) in [6, 6.07) is 10.7. The first kappa shape index (κ1) is 16.3. The van der Waals surface area contributed by atoms with Gasteiger partial charge in [-0.15, -0.1) is 0 Å². The van der Waals surface area contributed by atoms with Gasteiger partial charge in [-0.05, 0) is 49.4 Å². The van der Waals surface area contributed by atoms with Crippen molar-refractivity contribution < 1.29 is 22.7 Å². The highest BCUT2D eigenvalue weighted by Gasteiger charge is 2.18. The van der Waals surface area contributed by atoms with Crippen LogP contribution in [0.5, 0.6) is 5.75 Å². The van der Waals surface area contributed by atoms with Crippen LogP contribution >= 0.6 is 11.6 Å². The third kappa shape index (κ3) is 3.33. The van der Waals surface area contributed by atoms with Gasteiger partial charge in [0.25, 0.3) is 5.91 Å². The molecule has 0 aliphatic carbocycles. The van der Waals surface area contributed by atoms with Gasteiger partial charge in [-0.1, -0.05) is 11.6 Å². The van der Waals surface area contributed by atoms with Gasteiger partial charge in [0, 0.05) is 21.7 Å². The number of fused-ring (bicyclic) bond motifs is 1. The van der Waals surface area contributed by atoms with E-state index < -0.39 is 12.5 Å². The van der Waals surface area contributed by atoms with Gasteiger partial charge in [-0.2, -0.15) is 8.78 Å². The molecule has 2 aromatic carbocycles. The number of nitrogens with one attached hydrogen (secondary N) is 1. The fraction of sp³-hybridized carbons (Fsp3) is 0.118. The third-order valence-corrected chi connectivity index (χ3v) is 3.68. The lowest BCUT2D eigenvalue weighted by Gasteiger charge is -2.07. The standard InChI is InChI=1S/C17H12ClF2NO3/c1-9-13-8-10(18)2-7-14(13)24-15(9)16(22)21-11-3-5-12(6-4-11)23-17(19)20/h2-8,17H,1H3,(H,21,22). The van der Waals surface area contributed by atoms with E-state index in [2.05, 4.69) is 10.1 Å². The largest absolute Gasteiger partial charge is 0.451 e. The van der Waals surface area contributed by atoms with Crippen molar-refractivity contribution in [3.05, 3.63) is 58.8 Å². The number of aryl methyl sites for hydroxylation is 1. The number of amides is 1. The molecule has 0 radical (unpaired) electrons. The van der Waals surface area contributed by atoms with Gasteiger partial charge < -0.3 is 14.5 Å². The molecule has 7 heteroatoms. The van der Waals surface area contributed by atoms with E-state index in [1.165, 1.54) is 24.3 Å². The van der Waals surface area contributed by atoms with Crippen molar-refractivity contribution in [2.75, 3.05) is 5.32 Å². The van der Waals surface area contributed by atoms with Gasteiger partial charge in [0.2, 0.25) is 0 Å². The van der Waals surface area contributed by atoms with E-state index in [9.17, 15) is 13.6 Å².